The summed E-state index contributed by atoms with van der Waals surface area (Å²) in [4.78, 5) is 40.1. The van der Waals surface area contributed by atoms with Crippen LogP contribution in [0.2, 0.25) is 0 Å². The van der Waals surface area contributed by atoms with Gasteiger partial charge in [0.2, 0.25) is 5.43 Å². The zero-order valence-corrected chi connectivity index (χ0v) is 18.4. The van der Waals surface area contributed by atoms with Gasteiger partial charge in [-0.3, -0.25) is 14.4 Å². The molecule has 2 aromatic rings. The van der Waals surface area contributed by atoms with E-state index in [2.05, 4.69) is 0 Å². The SMILES string of the molecule is Cc1ccc([C@H](NC(=O)c2cn3c(c(O)c2=O)C(=O)N2C(C3)O[C@@H]3CC[C@H]2C3)C(F)(F)F)c(F)c1. The zero-order chi connectivity index (χ0) is 25.2. The number of nitrogens with zero attached hydrogens (tertiary/aromatic N) is 2. The van der Waals surface area contributed by atoms with E-state index in [0.29, 0.717) is 18.4 Å². The number of aryl methyl sites for hydroxylation is 1. The van der Waals surface area contributed by atoms with Gasteiger partial charge in [0, 0.05) is 17.8 Å². The standard InChI is InChI=1S/C23H21F4N3O5/c1-10-2-5-13(15(24)6-10)20(23(25,26)27)28-21(33)14-8-29-9-16-30(11-3-4-12(7-11)35-16)22(34)17(29)19(32)18(14)31/h2,5-6,8,11-12,16,20,32H,3-4,7,9H2,1H3,(H,28,33)/t11-,12+,16?,20-/m0/s1. The third-order valence-corrected chi connectivity index (χ3v) is 6.77. The number of carbonyl (C=O) groups is 2. The molecule has 2 fully saturated rings. The Labute approximate surface area is 196 Å². The predicted octanol–water partition coefficient (Wildman–Crippen LogP) is 2.77. The van der Waals surface area contributed by atoms with E-state index in [1.54, 1.807) is 5.32 Å². The highest BCUT2D eigenvalue weighted by molar-refractivity contribution is 5.99. The molecule has 2 aliphatic heterocycles. The molecule has 1 aromatic heterocycles. The third-order valence-electron chi connectivity index (χ3n) is 6.77. The van der Waals surface area contributed by atoms with Gasteiger partial charge in [-0.15, -0.1) is 0 Å². The van der Waals surface area contributed by atoms with Crippen LogP contribution in [0, 0.1) is 12.7 Å². The Bertz CT molecular complexity index is 1290. The Morgan fingerprint density at radius 3 is 2.69 bits per heavy atom. The van der Waals surface area contributed by atoms with Crippen LogP contribution in [0.25, 0.3) is 0 Å². The number of halogens is 4. The summed E-state index contributed by atoms with van der Waals surface area (Å²) in [5.74, 6) is -4.33. The molecule has 2 bridgehead atoms. The second-order valence-electron chi connectivity index (χ2n) is 9.09. The molecule has 186 valence electrons. The Morgan fingerprint density at radius 1 is 1.26 bits per heavy atom. The molecule has 0 radical (unpaired) electrons. The lowest BCUT2D eigenvalue weighted by Crippen LogP contribution is -2.57. The van der Waals surface area contributed by atoms with E-state index in [0.717, 1.165) is 29.3 Å². The molecule has 35 heavy (non-hydrogen) atoms. The summed E-state index contributed by atoms with van der Waals surface area (Å²) < 4.78 is 62.6. The number of hydrogen-bond donors (Lipinski definition) is 2. The smallest absolute Gasteiger partial charge is 0.412 e. The maximum atomic E-state index is 14.3. The predicted molar refractivity (Wildman–Crippen MR) is 112 cm³/mol. The third kappa shape index (κ3) is 3.85. The zero-order valence-electron chi connectivity index (χ0n) is 18.4. The highest BCUT2D eigenvalue weighted by Crippen LogP contribution is 2.39. The molecule has 2 amide bonds. The maximum Gasteiger partial charge on any atom is 0.412 e. The second-order valence-corrected chi connectivity index (χ2v) is 9.09. The average Bonchev–Trinajstić information content (AvgIpc) is 3.14. The fourth-order valence-corrected chi connectivity index (χ4v) is 5.13. The topological polar surface area (TPSA) is 101 Å². The summed E-state index contributed by atoms with van der Waals surface area (Å²) in [6.45, 7) is 1.48. The van der Waals surface area contributed by atoms with Crippen molar-refractivity contribution in [3.63, 3.8) is 0 Å². The number of alkyl halides is 3. The number of nitrogens with one attached hydrogen (secondary N) is 1. The molecule has 1 aliphatic carbocycles. The summed E-state index contributed by atoms with van der Waals surface area (Å²) in [5, 5.41) is 12.2. The van der Waals surface area contributed by atoms with Gasteiger partial charge >= 0.3 is 6.18 Å². The number of ether oxygens (including phenoxy) is 1. The largest absolute Gasteiger partial charge is 0.503 e. The van der Waals surface area contributed by atoms with Crippen LogP contribution in [0.4, 0.5) is 17.6 Å². The summed E-state index contributed by atoms with van der Waals surface area (Å²) in [5.41, 5.74) is -2.90. The Kier molecular flexibility index (Phi) is 5.38. The molecule has 1 unspecified atom stereocenters. The van der Waals surface area contributed by atoms with Crippen molar-refractivity contribution >= 4 is 11.8 Å². The van der Waals surface area contributed by atoms with Crippen LogP contribution >= 0.6 is 0 Å². The quantitative estimate of drug-likeness (QED) is 0.638. The molecule has 8 nitrogen and oxygen atoms in total. The number of aromatic nitrogens is 1. The fourth-order valence-electron chi connectivity index (χ4n) is 5.13. The highest BCUT2D eigenvalue weighted by atomic mass is 19.4. The van der Waals surface area contributed by atoms with Crippen molar-refractivity contribution in [1.82, 2.24) is 14.8 Å². The first-order valence-corrected chi connectivity index (χ1v) is 11.0. The summed E-state index contributed by atoms with van der Waals surface area (Å²) in [6, 6.07) is 0.218. The average molecular weight is 495 g/mol. The Hall–Kier alpha value is -3.41. The molecule has 3 aliphatic rings. The molecule has 1 aromatic carbocycles. The van der Waals surface area contributed by atoms with Gasteiger partial charge in [0.25, 0.3) is 11.8 Å². The highest BCUT2D eigenvalue weighted by Gasteiger charge is 2.48. The molecule has 5 rings (SSSR count). The van der Waals surface area contributed by atoms with Crippen molar-refractivity contribution in [2.24, 2.45) is 0 Å². The van der Waals surface area contributed by atoms with Gasteiger partial charge in [-0.2, -0.15) is 13.2 Å². The minimum absolute atomic E-state index is 0.0164. The van der Waals surface area contributed by atoms with E-state index in [9.17, 15) is 37.1 Å². The van der Waals surface area contributed by atoms with E-state index < -0.39 is 58.4 Å². The lowest BCUT2D eigenvalue weighted by Gasteiger charge is -2.44. The molecule has 4 atom stereocenters. The first-order chi connectivity index (χ1) is 16.5. The van der Waals surface area contributed by atoms with Gasteiger partial charge < -0.3 is 24.6 Å². The lowest BCUT2D eigenvalue weighted by molar-refractivity contribution is -0.155. The van der Waals surface area contributed by atoms with E-state index >= 15 is 0 Å². The van der Waals surface area contributed by atoms with Crippen LogP contribution in [-0.2, 0) is 11.3 Å². The van der Waals surface area contributed by atoms with Crippen molar-refractivity contribution in [2.75, 3.05) is 0 Å². The first-order valence-electron chi connectivity index (χ1n) is 11.0. The van der Waals surface area contributed by atoms with Crippen LogP contribution in [0.1, 0.15) is 57.3 Å². The van der Waals surface area contributed by atoms with Crippen molar-refractivity contribution in [3.05, 3.63) is 62.8 Å². The van der Waals surface area contributed by atoms with E-state index in [1.165, 1.54) is 17.9 Å². The number of amides is 2. The van der Waals surface area contributed by atoms with Crippen LogP contribution < -0.4 is 10.7 Å². The molecule has 0 spiro atoms. The molecular weight excluding hydrogens is 474 g/mol. The van der Waals surface area contributed by atoms with Crippen molar-refractivity contribution in [2.45, 2.75) is 63.3 Å². The number of carbonyl (C=O) groups excluding carboxylic acids is 2. The van der Waals surface area contributed by atoms with E-state index in [-0.39, 0.29) is 24.4 Å². The minimum Gasteiger partial charge on any atom is -0.503 e. The van der Waals surface area contributed by atoms with Crippen LogP contribution in [0.15, 0.2) is 29.2 Å². The maximum absolute atomic E-state index is 14.3. The summed E-state index contributed by atoms with van der Waals surface area (Å²) >= 11 is 0. The number of hydrogen-bond acceptors (Lipinski definition) is 5. The monoisotopic (exact) mass is 495 g/mol. The normalized spacial score (nSPS) is 24.1. The van der Waals surface area contributed by atoms with Gasteiger partial charge in [-0.05, 0) is 37.8 Å². The summed E-state index contributed by atoms with van der Waals surface area (Å²) in [6.07, 6.45) is -2.77. The molecule has 3 heterocycles. The molecule has 1 saturated carbocycles. The number of benzene rings is 1. The number of pyridine rings is 1. The lowest BCUT2D eigenvalue weighted by atomic mass is 10.0. The number of aromatic hydroxyl groups is 1. The molecular formula is C23H21F4N3O5. The van der Waals surface area contributed by atoms with Crippen LogP contribution in [0.5, 0.6) is 5.75 Å². The number of fused-ring (bicyclic) bond motifs is 5. The first kappa shape index (κ1) is 23.3. The van der Waals surface area contributed by atoms with Crippen LogP contribution in [-0.4, -0.2) is 50.9 Å². The number of rotatable bonds is 3. The summed E-state index contributed by atoms with van der Waals surface area (Å²) in [7, 11) is 0. The van der Waals surface area contributed by atoms with E-state index in [1.807, 2.05) is 0 Å². The van der Waals surface area contributed by atoms with Gasteiger partial charge in [0.05, 0.1) is 12.6 Å². The van der Waals surface area contributed by atoms with Gasteiger partial charge in [-0.25, -0.2) is 4.39 Å². The van der Waals surface area contributed by atoms with E-state index in [4.69, 9.17) is 4.74 Å². The van der Waals surface area contributed by atoms with Crippen molar-refractivity contribution < 1.29 is 37.0 Å². The Balaban J connectivity index is 1.50. The second kappa shape index (κ2) is 8.08. The minimum atomic E-state index is -5.08. The van der Waals surface area contributed by atoms with Gasteiger partial charge in [0.1, 0.15) is 11.4 Å². The molecule has 1 saturated heterocycles. The molecule has 2 N–H and O–H groups in total. The van der Waals surface area contributed by atoms with Crippen LogP contribution in [0.3, 0.4) is 0 Å². The molecule has 12 heteroatoms. The van der Waals surface area contributed by atoms with Crippen molar-refractivity contribution in [3.8, 4) is 5.75 Å². The van der Waals surface area contributed by atoms with Gasteiger partial charge in [-0.1, -0.05) is 12.1 Å². The van der Waals surface area contributed by atoms with Gasteiger partial charge in [0.15, 0.2) is 23.7 Å². The van der Waals surface area contributed by atoms with Crippen molar-refractivity contribution in [1.29, 1.82) is 0 Å². The fraction of sp³-hybridized carbons (Fsp3) is 0.435. The Morgan fingerprint density at radius 2 is 2.00 bits per heavy atom.